The summed E-state index contributed by atoms with van der Waals surface area (Å²) < 4.78 is 5.16. The van der Waals surface area contributed by atoms with Crippen LogP contribution in [0.15, 0.2) is 60.7 Å². The highest BCUT2D eigenvalue weighted by Gasteiger charge is 2.26. The quantitative estimate of drug-likeness (QED) is 0.837. The highest BCUT2D eigenvalue weighted by atomic mass is 16.5. The fourth-order valence-corrected chi connectivity index (χ4v) is 3.33. The Bertz CT molecular complexity index is 753. The lowest BCUT2D eigenvalue weighted by molar-refractivity contribution is -0.909. The molecule has 0 saturated heterocycles. The molecule has 0 saturated carbocycles. The molecule has 2 N–H and O–H groups in total. The molecule has 1 heterocycles. The van der Waals surface area contributed by atoms with Gasteiger partial charge in [0.1, 0.15) is 5.75 Å². The summed E-state index contributed by atoms with van der Waals surface area (Å²) in [5.74, 6) is 0.930. The van der Waals surface area contributed by atoms with Crippen LogP contribution in [0.4, 0.5) is 0 Å². The zero-order valence-corrected chi connectivity index (χ0v) is 15.5. The van der Waals surface area contributed by atoms with Gasteiger partial charge in [0.2, 0.25) is 0 Å². The molecule has 1 aliphatic heterocycles. The summed E-state index contributed by atoms with van der Waals surface area (Å²) in [6.45, 7) is 4.44. The normalized spacial score (nSPS) is 17.9. The van der Waals surface area contributed by atoms with Gasteiger partial charge < -0.3 is 15.0 Å². The Morgan fingerprint density at radius 3 is 2.50 bits per heavy atom. The van der Waals surface area contributed by atoms with Crippen LogP contribution in [0.2, 0.25) is 0 Å². The molecule has 0 aromatic heterocycles. The minimum absolute atomic E-state index is 0.0539. The van der Waals surface area contributed by atoms with E-state index in [9.17, 15) is 4.79 Å². The minimum Gasteiger partial charge on any atom is -0.497 e. The topological polar surface area (TPSA) is 42.8 Å². The van der Waals surface area contributed by atoms with Crippen LogP contribution in [-0.2, 0) is 11.3 Å². The number of benzene rings is 2. The van der Waals surface area contributed by atoms with Crippen molar-refractivity contribution >= 4 is 11.5 Å². The lowest BCUT2D eigenvalue weighted by atomic mass is 9.99. The number of hydrogen-bond acceptors (Lipinski definition) is 2. The molecule has 0 bridgehead atoms. The first kappa shape index (κ1) is 18.2. The predicted octanol–water partition coefficient (Wildman–Crippen LogP) is 2.07. The molecule has 0 spiro atoms. The number of methoxy groups -OCH3 is 1. The van der Waals surface area contributed by atoms with Crippen molar-refractivity contribution in [1.82, 2.24) is 5.32 Å². The number of ether oxygens (including phenoxy) is 1. The monoisotopic (exact) mass is 351 g/mol. The first-order valence-corrected chi connectivity index (χ1v) is 9.17. The first-order chi connectivity index (χ1) is 12.7. The van der Waals surface area contributed by atoms with Crippen LogP contribution in [0.1, 0.15) is 24.5 Å². The fraction of sp³-hybridized carbons (Fsp3) is 0.318. The summed E-state index contributed by atoms with van der Waals surface area (Å²) in [4.78, 5) is 13.8. The van der Waals surface area contributed by atoms with E-state index in [0.717, 1.165) is 30.8 Å². The average Bonchev–Trinajstić information content (AvgIpc) is 2.72. The Morgan fingerprint density at radius 2 is 1.88 bits per heavy atom. The van der Waals surface area contributed by atoms with Crippen LogP contribution < -0.4 is 15.0 Å². The van der Waals surface area contributed by atoms with E-state index in [-0.39, 0.29) is 11.9 Å². The van der Waals surface area contributed by atoms with Gasteiger partial charge in [-0.05, 0) is 41.8 Å². The van der Waals surface area contributed by atoms with E-state index < -0.39 is 0 Å². The zero-order valence-electron chi connectivity index (χ0n) is 15.5. The number of quaternary nitrogens is 1. The van der Waals surface area contributed by atoms with E-state index >= 15 is 0 Å². The van der Waals surface area contributed by atoms with Crippen LogP contribution in [0, 0.1) is 0 Å². The standard InChI is InChI=1S/C22H26N2O2/c1-17(22(25)23-16-18-8-10-21(26-2)11-9-18)24-14-12-20(13-15-24)19-6-4-3-5-7-19/h3-12,17H,13-16H2,1-2H3,(H,23,25)/p+1/t17-/m0/s1. The van der Waals surface area contributed by atoms with Gasteiger partial charge in [0, 0.05) is 13.0 Å². The van der Waals surface area contributed by atoms with E-state index in [1.807, 2.05) is 37.3 Å². The second-order valence-electron chi connectivity index (χ2n) is 6.75. The fourth-order valence-electron chi connectivity index (χ4n) is 3.33. The third-order valence-corrected chi connectivity index (χ3v) is 5.10. The number of rotatable bonds is 6. The molecule has 1 aliphatic rings. The Morgan fingerprint density at radius 1 is 1.15 bits per heavy atom. The maximum absolute atomic E-state index is 12.5. The van der Waals surface area contributed by atoms with Gasteiger partial charge in [-0.1, -0.05) is 42.5 Å². The van der Waals surface area contributed by atoms with Gasteiger partial charge in [-0.25, -0.2) is 0 Å². The van der Waals surface area contributed by atoms with Crippen molar-refractivity contribution in [2.75, 3.05) is 20.2 Å². The van der Waals surface area contributed by atoms with Crippen molar-refractivity contribution in [3.63, 3.8) is 0 Å². The number of hydrogen-bond donors (Lipinski definition) is 2. The van der Waals surface area contributed by atoms with Crippen molar-refractivity contribution in [1.29, 1.82) is 0 Å². The molecule has 2 aromatic carbocycles. The number of carbonyl (C=O) groups excluding carboxylic acids is 1. The molecule has 4 heteroatoms. The van der Waals surface area contributed by atoms with Gasteiger partial charge in [-0.2, -0.15) is 0 Å². The van der Waals surface area contributed by atoms with E-state index in [1.54, 1.807) is 7.11 Å². The number of carbonyl (C=O) groups is 1. The van der Waals surface area contributed by atoms with Crippen LogP contribution in [0.25, 0.3) is 5.57 Å². The molecule has 0 fully saturated rings. The van der Waals surface area contributed by atoms with Gasteiger partial charge in [0.05, 0.1) is 20.2 Å². The summed E-state index contributed by atoms with van der Waals surface area (Å²) in [7, 11) is 1.65. The van der Waals surface area contributed by atoms with E-state index in [0.29, 0.717) is 6.54 Å². The van der Waals surface area contributed by atoms with Crippen LogP contribution in [0.5, 0.6) is 5.75 Å². The van der Waals surface area contributed by atoms with Gasteiger partial charge >= 0.3 is 0 Å². The molecule has 26 heavy (non-hydrogen) atoms. The molecule has 2 atom stereocenters. The van der Waals surface area contributed by atoms with Crippen LogP contribution in [0.3, 0.4) is 0 Å². The molecule has 1 unspecified atom stereocenters. The van der Waals surface area contributed by atoms with Crippen molar-refractivity contribution in [3.05, 3.63) is 71.8 Å². The molecule has 4 nitrogen and oxygen atoms in total. The summed E-state index contributed by atoms with van der Waals surface area (Å²) in [5, 5.41) is 3.06. The lowest BCUT2D eigenvalue weighted by Gasteiger charge is -2.28. The second-order valence-corrected chi connectivity index (χ2v) is 6.75. The van der Waals surface area contributed by atoms with Crippen molar-refractivity contribution < 1.29 is 14.4 Å². The van der Waals surface area contributed by atoms with Crippen molar-refractivity contribution in [2.45, 2.75) is 25.9 Å². The van der Waals surface area contributed by atoms with Gasteiger partial charge in [0.15, 0.2) is 6.04 Å². The van der Waals surface area contributed by atoms with E-state index in [2.05, 4.69) is 35.7 Å². The highest BCUT2D eigenvalue weighted by molar-refractivity contribution is 5.80. The molecular weight excluding hydrogens is 324 g/mol. The number of amides is 1. The maximum Gasteiger partial charge on any atom is 0.278 e. The minimum atomic E-state index is -0.0539. The zero-order chi connectivity index (χ0) is 18.4. The van der Waals surface area contributed by atoms with Gasteiger partial charge in [-0.3, -0.25) is 4.79 Å². The molecule has 1 amide bonds. The largest absolute Gasteiger partial charge is 0.497 e. The molecule has 3 rings (SSSR count). The Balaban J connectivity index is 1.51. The van der Waals surface area contributed by atoms with Crippen LogP contribution >= 0.6 is 0 Å². The molecule has 0 radical (unpaired) electrons. The van der Waals surface area contributed by atoms with E-state index in [1.165, 1.54) is 16.0 Å². The molecular formula is C22H27N2O2+. The van der Waals surface area contributed by atoms with Gasteiger partial charge in [0.25, 0.3) is 5.91 Å². The first-order valence-electron chi connectivity index (χ1n) is 9.17. The van der Waals surface area contributed by atoms with Crippen molar-refractivity contribution in [2.24, 2.45) is 0 Å². The summed E-state index contributed by atoms with van der Waals surface area (Å²) in [6, 6.07) is 18.2. The SMILES string of the molecule is COc1ccc(CNC(=O)[C@H](C)[NH+]2CC=C(c3ccccc3)CC2)cc1. The smallest absolute Gasteiger partial charge is 0.278 e. The van der Waals surface area contributed by atoms with Crippen molar-refractivity contribution in [3.8, 4) is 5.75 Å². The highest BCUT2D eigenvalue weighted by Crippen LogP contribution is 2.18. The third kappa shape index (κ3) is 4.52. The molecule has 2 aromatic rings. The Labute approximate surface area is 155 Å². The summed E-state index contributed by atoms with van der Waals surface area (Å²) >= 11 is 0. The van der Waals surface area contributed by atoms with Crippen LogP contribution in [-0.4, -0.2) is 32.1 Å². The molecule has 136 valence electrons. The Kier molecular flexibility index (Phi) is 6.08. The summed E-state index contributed by atoms with van der Waals surface area (Å²) in [5.41, 5.74) is 3.76. The Hall–Kier alpha value is -2.59. The maximum atomic E-state index is 12.5. The summed E-state index contributed by atoms with van der Waals surface area (Å²) in [6.07, 6.45) is 3.29. The lowest BCUT2D eigenvalue weighted by Crippen LogP contribution is -3.17. The second kappa shape index (κ2) is 8.68. The van der Waals surface area contributed by atoms with Gasteiger partial charge in [-0.15, -0.1) is 0 Å². The molecule has 0 aliphatic carbocycles. The number of nitrogens with one attached hydrogen (secondary N) is 2. The predicted molar refractivity (Wildman–Crippen MR) is 104 cm³/mol. The average molecular weight is 351 g/mol. The third-order valence-electron chi connectivity index (χ3n) is 5.10. The van der Waals surface area contributed by atoms with E-state index in [4.69, 9.17) is 4.74 Å².